The van der Waals surface area contributed by atoms with Crippen LogP contribution in [0.2, 0.25) is 5.02 Å². The minimum Gasteiger partial charge on any atom is -0.368 e. The van der Waals surface area contributed by atoms with Crippen molar-refractivity contribution in [3.8, 4) is 0 Å². The van der Waals surface area contributed by atoms with Gasteiger partial charge in [-0.25, -0.2) is 8.42 Å². The Balaban J connectivity index is 1.20. The van der Waals surface area contributed by atoms with Crippen molar-refractivity contribution in [1.82, 2.24) is 19.5 Å². The molecule has 0 aliphatic carbocycles. The van der Waals surface area contributed by atoms with E-state index in [4.69, 9.17) is 11.6 Å². The number of piperidine rings is 1. The SMILES string of the molecule is O=C(CN1CCCC(NS(=O)(=O)c2ccc3cc(Cl)ccc3c2)C1=O)N1CCN(c2ccncc2)CC1. The normalized spacial score (nSPS) is 18.9. The second kappa shape index (κ2) is 10.6. The Bertz CT molecular complexity index is 1410. The van der Waals surface area contributed by atoms with Crippen LogP contribution in [-0.4, -0.2) is 80.3 Å². The molecule has 1 unspecified atom stereocenters. The van der Waals surface area contributed by atoms with Gasteiger partial charge in [0.15, 0.2) is 0 Å². The van der Waals surface area contributed by atoms with Gasteiger partial charge in [0.2, 0.25) is 21.8 Å². The van der Waals surface area contributed by atoms with Crippen LogP contribution in [-0.2, 0) is 19.6 Å². The summed E-state index contributed by atoms with van der Waals surface area (Å²) in [5.74, 6) is -0.495. The van der Waals surface area contributed by atoms with Gasteiger partial charge in [0, 0.05) is 55.8 Å². The van der Waals surface area contributed by atoms with E-state index >= 15 is 0 Å². The van der Waals surface area contributed by atoms with Crippen LogP contribution in [0.4, 0.5) is 5.69 Å². The Morgan fingerprint density at radius 3 is 2.43 bits per heavy atom. The second-order valence-corrected chi connectivity index (χ2v) is 11.5. The fraction of sp³-hybridized carbons (Fsp3) is 0.346. The zero-order valence-corrected chi connectivity index (χ0v) is 21.8. The van der Waals surface area contributed by atoms with Crippen LogP contribution >= 0.6 is 11.6 Å². The van der Waals surface area contributed by atoms with E-state index in [0.29, 0.717) is 50.6 Å². The maximum absolute atomic E-state index is 13.1. The average molecular weight is 542 g/mol. The number of hydrogen-bond acceptors (Lipinski definition) is 6. The number of nitrogens with zero attached hydrogens (tertiary/aromatic N) is 4. The zero-order chi connectivity index (χ0) is 26.0. The van der Waals surface area contributed by atoms with Gasteiger partial charge in [0.1, 0.15) is 6.04 Å². The molecule has 2 aromatic carbocycles. The molecule has 3 heterocycles. The van der Waals surface area contributed by atoms with E-state index in [2.05, 4.69) is 14.6 Å². The van der Waals surface area contributed by atoms with Gasteiger partial charge < -0.3 is 14.7 Å². The maximum Gasteiger partial charge on any atom is 0.242 e. The van der Waals surface area contributed by atoms with Crippen molar-refractivity contribution in [2.75, 3.05) is 44.2 Å². The number of carbonyl (C=O) groups excluding carboxylic acids is 2. The molecule has 2 saturated heterocycles. The third-order valence-electron chi connectivity index (χ3n) is 6.90. The first-order chi connectivity index (χ1) is 17.8. The highest BCUT2D eigenvalue weighted by molar-refractivity contribution is 7.89. The van der Waals surface area contributed by atoms with Gasteiger partial charge in [-0.2, -0.15) is 4.72 Å². The molecule has 0 saturated carbocycles. The second-order valence-electron chi connectivity index (χ2n) is 9.30. The lowest BCUT2D eigenvalue weighted by Gasteiger charge is -2.38. The molecule has 2 aliphatic rings. The Morgan fingerprint density at radius 2 is 1.68 bits per heavy atom. The van der Waals surface area contributed by atoms with Crippen molar-refractivity contribution in [2.45, 2.75) is 23.8 Å². The molecule has 9 nitrogen and oxygen atoms in total. The van der Waals surface area contributed by atoms with Crippen molar-refractivity contribution in [3.05, 3.63) is 65.9 Å². The summed E-state index contributed by atoms with van der Waals surface area (Å²) in [6, 6.07) is 13.0. The number of halogens is 1. The number of likely N-dealkylation sites (tertiary alicyclic amines) is 1. The van der Waals surface area contributed by atoms with E-state index in [9.17, 15) is 18.0 Å². The number of piperazine rings is 1. The number of pyridine rings is 1. The third kappa shape index (κ3) is 5.71. The Kier molecular flexibility index (Phi) is 7.32. The lowest BCUT2D eigenvalue weighted by atomic mass is 10.1. The third-order valence-corrected chi connectivity index (χ3v) is 8.60. The van der Waals surface area contributed by atoms with E-state index in [1.807, 2.05) is 12.1 Å². The number of hydrogen-bond donors (Lipinski definition) is 1. The minimum atomic E-state index is -3.94. The van der Waals surface area contributed by atoms with Crippen LogP contribution in [0.15, 0.2) is 65.8 Å². The highest BCUT2D eigenvalue weighted by Gasteiger charge is 2.34. The van der Waals surface area contributed by atoms with Crippen LogP contribution in [0.1, 0.15) is 12.8 Å². The van der Waals surface area contributed by atoms with E-state index < -0.39 is 16.1 Å². The summed E-state index contributed by atoms with van der Waals surface area (Å²) in [6.45, 7) is 2.90. The first kappa shape index (κ1) is 25.4. The molecule has 2 aliphatic heterocycles. The van der Waals surface area contributed by atoms with Gasteiger partial charge in [-0.1, -0.05) is 23.7 Å². The van der Waals surface area contributed by atoms with Gasteiger partial charge in [-0.05, 0) is 60.0 Å². The lowest BCUT2D eigenvalue weighted by molar-refractivity contribution is -0.143. The summed E-state index contributed by atoms with van der Waals surface area (Å²) in [4.78, 5) is 35.7. The quantitative estimate of drug-likeness (QED) is 0.514. The maximum atomic E-state index is 13.1. The molecule has 1 atom stereocenters. The predicted molar refractivity (Wildman–Crippen MR) is 142 cm³/mol. The summed E-state index contributed by atoms with van der Waals surface area (Å²) in [6.07, 6.45) is 4.49. The van der Waals surface area contributed by atoms with Gasteiger partial charge in [0.05, 0.1) is 11.4 Å². The van der Waals surface area contributed by atoms with Crippen molar-refractivity contribution in [2.24, 2.45) is 0 Å². The molecule has 1 N–H and O–H groups in total. The van der Waals surface area contributed by atoms with Gasteiger partial charge in [0.25, 0.3) is 0 Å². The van der Waals surface area contributed by atoms with Gasteiger partial charge in [-0.3, -0.25) is 14.6 Å². The largest absolute Gasteiger partial charge is 0.368 e. The van der Waals surface area contributed by atoms with E-state index in [1.165, 1.54) is 11.0 Å². The number of benzene rings is 2. The molecule has 2 amide bonds. The van der Waals surface area contributed by atoms with E-state index in [0.717, 1.165) is 16.5 Å². The molecule has 0 bridgehead atoms. The molecule has 37 heavy (non-hydrogen) atoms. The minimum absolute atomic E-state index is 0.0525. The summed E-state index contributed by atoms with van der Waals surface area (Å²) >= 11 is 6.02. The number of carbonyl (C=O) groups is 2. The smallest absolute Gasteiger partial charge is 0.242 e. The van der Waals surface area contributed by atoms with Crippen molar-refractivity contribution in [3.63, 3.8) is 0 Å². The monoisotopic (exact) mass is 541 g/mol. The number of rotatable bonds is 6. The number of amides is 2. The molecular formula is C26H28ClN5O4S. The van der Waals surface area contributed by atoms with Crippen molar-refractivity contribution >= 4 is 49.9 Å². The molecule has 3 aromatic rings. The molecule has 0 radical (unpaired) electrons. The van der Waals surface area contributed by atoms with Crippen LogP contribution < -0.4 is 9.62 Å². The van der Waals surface area contributed by atoms with Gasteiger partial charge >= 0.3 is 0 Å². The number of nitrogens with one attached hydrogen (secondary N) is 1. The Morgan fingerprint density at radius 1 is 0.973 bits per heavy atom. The fourth-order valence-electron chi connectivity index (χ4n) is 4.86. The van der Waals surface area contributed by atoms with Crippen LogP contribution in [0, 0.1) is 0 Å². The summed E-state index contributed by atoms with van der Waals surface area (Å²) in [5.41, 5.74) is 1.07. The fourth-order valence-corrected chi connectivity index (χ4v) is 6.30. The topological polar surface area (TPSA) is 103 Å². The molecule has 1 aromatic heterocycles. The van der Waals surface area contributed by atoms with Crippen LogP contribution in [0.25, 0.3) is 10.8 Å². The lowest BCUT2D eigenvalue weighted by Crippen LogP contribution is -2.56. The Hall–Kier alpha value is -3.21. The standard InChI is InChI=1S/C26H28ClN5O4S/c27-21-5-3-20-17-23(6-4-19(20)16-21)37(35,36)29-24-2-1-11-32(26(24)34)18-25(33)31-14-12-30(13-15-31)22-7-9-28-10-8-22/h3-10,16-17,24,29H,1-2,11-15,18H2. The summed E-state index contributed by atoms with van der Waals surface area (Å²) in [5, 5.41) is 2.13. The number of sulfonamides is 1. The summed E-state index contributed by atoms with van der Waals surface area (Å²) in [7, 11) is -3.94. The first-order valence-electron chi connectivity index (χ1n) is 12.2. The number of fused-ring (bicyclic) bond motifs is 1. The molecule has 194 valence electrons. The van der Waals surface area contributed by atoms with Gasteiger partial charge in [-0.15, -0.1) is 0 Å². The van der Waals surface area contributed by atoms with E-state index in [1.54, 1.807) is 47.6 Å². The Labute approximate surface area is 221 Å². The average Bonchev–Trinajstić information content (AvgIpc) is 2.91. The summed E-state index contributed by atoms with van der Waals surface area (Å²) < 4.78 is 28.7. The molecule has 11 heteroatoms. The highest BCUT2D eigenvalue weighted by atomic mass is 35.5. The van der Waals surface area contributed by atoms with Crippen molar-refractivity contribution in [1.29, 1.82) is 0 Å². The molecular weight excluding hydrogens is 514 g/mol. The molecule has 5 rings (SSSR count). The molecule has 0 spiro atoms. The van der Waals surface area contributed by atoms with Crippen molar-refractivity contribution < 1.29 is 18.0 Å². The first-order valence-corrected chi connectivity index (χ1v) is 14.1. The number of anilines is 1. The number of aromatic nitrogens is 1. The van der Waals surface area contributed by atoms with Crippen LogP contribution in [0.5, 0.6) is 0 Å². The van der Waals surface area contributed by atoms with E-state index in [-0.39, 0.29) is 23.3 Å². The highest BCUT2D eigenvalue weighted by Crippen LogP contribution is 2.24. The van der Waals surface area contributed by atoms with Crippen LogP contribution in [0.3, 0.4) is 0 Å². The molecule has 2 fully saturated rings. The predicted octanol–water partition coefficient (Wildman–Crippen LogP) is 2.51. The zero-order valence-electron chi connectivity index (χ0n) is 20.2.